The lowest BCUT2D eigenvalue weighted by Crippen LogP contribution is -2.07. The Bertz CT molecular complexity index is 684. The van der Waals surface area contributed by atoms with Crippen molar-refractivity contribution in [3.05, 3.63) is 23.3 Å². The van der Waals surface area contributed by atoms with Crippen LogP contribution >= 0.6 is 11.8 Å². The van der Waals surface area contributed by atoms with E-state index < -0.39 is 0 Å². The van der Waals surface area contributed by atoms with Crippen LogP contribution in [0.1, 0.15) is 18.1 Å². The molecule has 5 N–H and O–H groups in total. The first-order valence-electron chi connectivity index (χ1n) is 6.98. The summed E-state index contributed by atoms with van der Waals surface area (Å²) in [4.78, 5) is 8.29. The number of nitrogen functional groups attached to an aromatic ring is 2. The van der Waals surface area contributed by atoms with Crippen LogP contribution in [0.15, 0.2) is 17.2 Å². The number of phenols is 1. The molecule has 0 bridgehead atoms. The van der Waals surface area contributed by atoms with Gasteiger partial charge in [-0.05, 0) is 23.4 Å². The van der Waals surface area contributed by atoms with Gasteiger partial charge in [-0.15, -0.1) is 11.8 Å². The van der Waals surface area contributed by atoms with E-state index >= 15 is 0 Å². The summed E-state index contributed by atoms with van der Waals surface area (Å²) in [5, 5.41) is 10.7. The lowest BCUT2D eigenvalue weighted by molar-refractivity contribution is 0.339. The van der Waals surface area contributed by atoms with Gasteiger partial charge in [-0.2, -0.15) is 4.98 Å². The second-order valence-electron chi connectivity index (χ2n) is 4.71. The van der Waals surface area contributed by atoms with Crippen molar-refractivity contribution in [2.75, 3.05) is 31.4 Å². The van der Waals surface area contributed by atoms with E-state index in [1.807, 2.05) is 6.92 Å². The van der Waals surface area contributed by atoms with Crippen LogP contribution in [0.25, 0.3) is 0 Å². The summed E-state index contributed by atoms with van der Waals surface area (Å²) in [7, 11) is 2.97. The average Bonchev–Trinajstić information content (AvgIpc) is 2.52. The molecule has 1 aromatic heterocycles. The standard InChI is InChI=1S/C15H20N4O3S/c1-4-23-14-9(13(16)18-15(17)19-14)5-8-6-10(21-2)12(20)11(7-8)22-3/h6-7,20H,4-5H2,1-3H3,(H4,16,17,18,19). The van der Waals surface area contributed by atoms with E-state index in [9.17, 15) is 5.11 Å². The van der Waals surface area contributed by atoms with E-state index in [0.717, 1.165) is 21.9 Å². The van der Waals surface area contributed by atoms with Gasteiger partial charge in [-0.1, -0.05) is 6.92 Å². The van der Waals surface area contributed by atoms with Crippen LogP contribution in [0.4, 0.5) is 11.8 Å². The zero-order valence-corrected chi connectivity index (χ0v) is 14.1. The Morgan fingerprint density at radius 3 is 2.26 bits per heavy atom. The zero-order valence-electron chi connectivity index (χ0n) is 13.3. The monoisotopic (exact) mass is 336 g/mol. The zero-order chi connectivity index (χ0) is 17.0. The lowest BCUT2D eigenvalue weighted by atomic mass is 10.1. The highest BCUT2D eigenvalue weighted by molar-refractivity contribution is 7.99. The minimum Gasteiger partial charge on any atom is -0.502 e. The molecule has 0 atom stereocenters. The molecule has 1 heterocycles. The Kier molecular flexibility index (Phi) is 5.38. The minimum absolute atomic E-state index is 0.0385. The van der Waals surface area contributed by atoms with Crippen LogP contribution in [0, 0.1) is 0 Å². The molecule has 0 fully saturated rings. The van der Waals surface area contributed by atoms with Crippen LogP contribution in [0.5, 0.6) is 17.2 Å². The van der Waals surface area contributed by atoms with Crippen molar-refractivity contribution in [3.63, 3.8) is 0 Å². The van der Waals surface area contributed by atoms with Crippen molar-refractivity contribution in [1.29, 1.82) is 0 Å². The van der Waals surface area contributed by atoms with Gasteiger partial charge in [-0.3, -0.25) is 0 Å². The lowest BCUT2D eigenvalue weighted by Gasteiger charge is -2.14. The van der Waals surface area contributed by atoms with Gasteiger partial charge < -0.3 is 26.0 Å². The van der Waals surface area contributed by atoms with E-state index in [2.05, 4.69) is 9.97 Å². The number of nitrogens with zero attached hydrogens (tertiary/aromatic N) is 2. The molecule has 0 saturated carbocycles. The summed E-state index contributed by atoms with van der Waals surface area (Å²) in [6.07, 6.45) is 0.474. The highest BCUT2D eigenvalue weighted by atomic mass is 32.2. The Hall–Kier alpha value is -2.35. The molecule has 0 aliphatic heterocycles. The molecule has 0 spiro atoms. The van der Waals surface area contributed by atoms with Crippen molar-refractivity contribution >= 4 is 23.5 Å². The van der Waals surface area contributed by atoms with Crippen molar-refractivity contribution in [2.45, 2.75) is 18.4 Å². The maximum Gasteiger partial charge on any atom is 0.223 e. The highest BCUT2D eigenvalue weighted by Crippen LogP contribution is 2.38. The first-order valence-corrected chi connectivity index (χ1v) is 7.97. The summed E-state index contributed by atoms with van der Waals surface area (Å²) in [6.45, 7) is 2.02. The van der Waals surface area contributed by atoms with Crippen LogP contribution < -0.4 is 20.9 Å². The first-order chi connectivity index (χ1) is 11.0. The summed E-state index contributed by atoms with van der Waals surface area (Å²) < 4.78 is 10.4. The van der Waals surface area contributed by atoms with Gasteiger partial charge in [0.05, 0.1) is 14.2 Å². The molecule has 0 radical (unpaired) electrons. The van der Waals surface area contributed by atoms with Gasteiger partial charge >= 0.3 is 0 Å². The van der Waals surface area contributed by atoms with E-state index in [4.69, 9.17) is 20.9 Å². The number of aromatic nitrogens is 2. The Labute approximate surface area is 139 Å². The van der Waals surface area contributed by atoms with Crippen molar-refractivity contribution in [2.24, 2.45) is 0 Å². The van der Waals surface area contributed by atoms with Gasteiger partial charge in [0.15, 0.2) is 11.5 Å². The van der Waals surface area contributed by atoms with Gasteiger partial charge in [0, 0.05) is 12.0 Å². The summed E-state index contributed by atoms with van der Waals surface area (Å²) in [5.41, 5.74) is 13.3. The van der Waals surface area contributed by atoms with Crippen molar-refractivity contribution in [3.8, 4) is 17.2 Å². The summed E-state index contributed by atoms with van der Waals surface area (Å²) in [6, 6.07) is 3.46. The van der Waals surface area contributed by atoms with Gasteiger partial charge in [-0.25, -0.2) is 4.98 Å². The predicted octanol–water partition coefficient (Wildman–Crippen LogP) is 2.07. The van der Waals surface area contributed by atoms with Crippen LogP contribution in [0.2, 0.25) is 0 Å². The van der Waals surface area contributed by atoms with Crippen LogP contribution in [-0.2, 0) is 6.42 Å². The van der Waals surface area contributed by atoms with Crippen molar-refractivity contribution < 1.29 is 14.6 Å². The molecule has 0 unspecified atom stereocenters. The van der Waals surface area contributed by atoms with Crippen LogP contribution in [-0.4, -0.2) is 35.0 Å². The third kappa shape index (κ3) is 3.70. The fraction of sp³-hybridized carbons (Fsp3) is 0.333. The molecule has 0 aliphatic carbocycles. The smallest absolute Gasteiger partial charge is 0.223 e. The molecule has 0 amide bonds. The molecule has 7 nitrogen and oxygen atoms in total. The third-order valence-electron chi connectivity index (χ3n) is 3.22. The number of phenolic OH excluding ortho intramolecular Hbond substituents is 1. The first kappa shape index (κ1) is 17.0. The number of anilines is 2. The number of methoxy groups -OCH3 is 2. The number of aromatic hydroxyl groups is 1. The number of hydrogen-bond donors (Lipinski definition) is 3. The Balaban J connectivity index is 2.47. The van der Waals surface area contributed by atoms with Gasteiger partial charge in [0.2, 0.25) is 11.7 Å². The number of rotatable bonds is 6. The number of thioether (sulfide) groups is 1. The van der Waals surface area contributed by atoms with Crippen LogP contribution in [0.3, 0.4) is 0 Å². The normalized spacial score (nSPS) is 10.6. The fourth-order valence-corrected chi connectivity index (χ4v) is 2.96. The van der Waals surface area contributed by atoms with E-state index in [1.54, 1.807) is 23.9 Å². The molecule has 8 heteroatoms. The van der Waals surface area contributed by atoms with Gasteiger partial charge in [0.25, 0.3) is 0 Å². The second-order valence-corrected chi connectivity index (χ2v) is 5.96. The largest absolute Gasteiger partial charge is 0.502 e. The molecular weight excluding hydrogens is 316 g/mol. The molecule has 0 saturated heterocycles. The van der Waals surface area contributed by atoms with Gasteiger partial charge in [0.1, 0.15) is 10.8 Å². The van der Waals surface area contributed by atoms with E-state index in [-0.39, 0.29) is 11.7 Å². The fourth-order valence-electron chi connectivity index (χ4n) is 2.17. The quantitative estimate of drug-likeness (QED) is 0.542. The molecule has 2 rings (SSSR count). The summed E-state index contributed by atoms with van der Waals surface area (Å²) in [5.74, 6) is 1.97. The van der Waals surface area contributed by atoms with Crippen molar-refractivity contribution in [1.82, 2.24) is 9.97 Å². The number of nitrogens with two attached hydrogens (primary N) is 2. The number of hydrogen-bond acceptors (Lipinski definition) is 8. The molecule has 124 valence electrons. The predicted molar refractivity (Wildman–Crippen MR) is 91.3 cm³/mol. The minimum atomic E-state index is -0.0385. The molecule has 1 aromatic carbocycles. The SMILES string of the molecule is CCSc1nc(N)nc(N)c1Cc1cc(OC)c(O)c(OC)c1. The highest BCUT2D eigenvalue weighted by Gasteiger charge is 2.16. The summed E-state index contributed by atoms with van der Waals surface area (Å²) >= 11 is 1.55. The Morgan fingerprint density at radius 1 is 1.13 bits per heavy atom. The maximum atomic E-state index is 9.99. The Morgan fingerprint density at radius 2 is 1.74 bits per heavy atom. The molecule has 23 heavy (non-hydrogen) atoms. The third-order valence-corrected chi connectivity index (χ3v) is 4.12. The molecule has 0 aliphatic rings. The number of benzene rings is 1. The molecular formula is C15H20N4O3S. The van der Waals surface area contributed by atoms with E-state index in [0.29, 0.717) is 23.7 Å². The maximum absolute atomic E-state index is 9.99. The molecule has 2 aromatic rings. The van der Waals surface area contributed by atoms with E-state index in [1.165, 1.54) is 14.2 Å². The topological polar surface area (TPSA) is 117 Å². The number of ether oxygens (including phenoxy) is 2. The second kappa shape index (κ2) is 7.28. The average molecular weight is 336 g/mol.